The van der Waals surface area contributed by atoms with Gasteiger partial charge in [-0.3, -0.25) is 9.59 Å². The predicted molar refractivity (Wildman–Crippen MR) is 69.6 cm³/mol. The van der Waals surface area contributed by atoms with Crippen LogP contribution in [0.2, 0.25) is 0 Å². The predicted octanol–water partition coefficient (Wildman–Crippen LogP) is 1.37. The van der Waals surface area contributed by atoms with E-state index in [1.165, 1.54) is 0 Å². The number of hydrogen-bond acceptors (Lipinski definition) is 3. The van der Waals surface area contributed by atoms with E-state index < -0.39 is 11.4 Å². The molecule has 0 saturated carbocycles. The molecule has 0 aromatic heterocycles. The van der Waals surface area contributed by atoms with Crippen LogP contribution in [0.5, 0.6) is 0 Å². The molecule has 108 valence electrons. The molecule has 2 fully saturated rings. The summed E-state index contributed by atoms with van der Waals surface area (Å²) in [4.78, 5) is 25.8. The summed E-state index contributed by atoms with van der Waals surface area (Å²) in [6.45, 7) is 5.83. The highest BCUT2D eigenvalue weighted by Gasteiger charge is 2.55. The zero-order valence-electron chi connectivity index (χ0n) is 11.7. The molecule has 2 saturated heterocycles. The minimum atomic E-state index is -0.778. The second kappa shape index (κ2) is 5.49. The number of hydrogen-bond donors (Lipinski definition) is 1. The van der Waals surface area contributed by atoms with Gasteiger partial charge in [0.05, 0.1) is 12.0 Å². The quantitative estimate of drug-likeness (QED) is 0.837. The molecule has 2 aliphatic heterocycles. The number of nitrogens with zero attached hydrogens (tertiary/aromatic N) is 1. The average molecular weight is 269 g/mol. The largest absolute Gasteiger partial charge is 0.481 e. The van der Waals surface area contributed by atoms with Crippen molar-refractivity contribution in [2.45, 2.75) is 33.1 Å². The van der Waals surface area contributed by atoms with Gasteiger partial charge in [-0.2, -0.15) is 0 Å². The van der Waals surface area contributed by atoms with E-state index in [9.17, 15) is 14.7 Å². The molecule has 5 nitrogen and oxygen atoms in total. The summed E-state index contributed by atoms with van der Waals surface area (Å²) in [5.41, 5.74) is -0.778. The van der Waals surface area contributed by atoms with Gasteiger partial charge >= 0.3 is 5.97 Å². The highest BCUT2D eigenvalue weighted by molar-refractivity contribution is 5.82. The summed E-state index contributed by atoms with van der Waals surface area (Å²) in [6.07, 6.45) is 2.14. The second-order valence-electron chi connectivity index (χ2n) is 5.72. The summed E-state index contributed by atoms with van der Waals surface area (Å²) in [7, 11) is 0. The van der Waals surface area contributed by atoms with Crippen LogP contribution in [0.3, 0.4) is 0 Å². The van der Waals surface area contributed by atoms with Gasteiger partial charge in [-0.25, -0.2) is 0 Å². The van der Waals surface area contributed by atoms with Crippen LogP contribution in [0.25, 0.3) is 0 Å². The molecular formula is C14H23NO4. The Morgan fingerprint density at radius 2 is 2.11 bits per heavy atom. The molecule has 0 radical (unpaired) electrons. The van der Waals surface area contributed by atoms with Crippen molar-refractivity contribution in [1.29, 1.82) is 0 Å². The van der Waals surface area contributed by atoms with E-state index in [4.69, 9.17) is 4.74 Å². The maximum absolute atomic E-state index is 12.4. The number of likely N-dealkylation sites (tertiary alicyclic amines) is 1. The lowest BCUT2D eigenvalue weighted by molar-refractivity contribution is -0.157. The molecule has 1 amide bonds. The second-order valence-corrected chi connectivity index (χ2v) is 5.72. The van der Waals surface area contributed by atoms with Gasteiger partial charge in [0.2, 0.25) is 5.91 Å². The monoisotopic (exact) mass is 269 g/mol. The molecule has 0 bridgehead atoms. The van der Waals surface area contributed by atoms with Gasteiger partial charge in [-0.1, -0.05) is 13.8 Å². The normalized spacial score (nSPS) is 30.5. The molecule has 0 aliphatic carbocycles. The Morgan fingerprint density at radius 1 is 1.42 bits per heavy atom. The van der Waals surface area contributed by atoms with Crippen molar-refractivity contribution in [2.75, 3.05) is 26.3 Å². The standard InChI is InChI=1S/C14H23NO4/c1-3-10(4-2)12(16)15-7-11-8-19-6-5-14(11,9-15)13(17)18/h10-11H,3-9H2,1-2H3,(H,17,18)/t11-,14+/m0/s1. The Bertz CT molecular complexity index is 366. The Balaban J connectivity index is 2.15. The summed E-state index contributed by atoms with van der Waals surface area (Å²) in [5, 5.41) is 9.56. The highest BCUT2D eigenvalue weighted by atomic mass is 16.5. The van der Waals surface area contributed by atoms with Crippen LogP contribution in [0, 0.1) is 17.3 Å². The molecule has 2 aliphatic rings. The lowest BCUT2D eigenvalue weighted by Crippen LogP contribution is -2.45. The first kappa shape index (κ1) is 14.3. The van der Waals surface area contributed by atoms with Gasteiger partial charge in [0.25, 0.3) is 0 Å². The van der Waals surface area contributed by atoms with Crippen LogP contribution in [-0.2, 0) is 14.3 Å². The van der Waals surface area contributed by atoms with Crippen LogP contribution >= 0.6 is 0 Å². The number of aliphatic carboxylic acids is 1. The van der Waals surface area contributed by atoms with Gasteiger partial charge in [0.15, 0.2) is 0 Å². The molecule has 5 heteroatoms. The van der Waals surface area contributed by atoms with Crippen molar-refractivity contribution < 1.29 is 19.4 Å². The number of fused-ring (bicyclic) bond motifs is 1. The van der Waals surface area contributed by atoms with Gasteiger partial charge < -0.3 is 14.7 Å². The summed E-state index contributed by atoms with van der Waals surface area (Å²) in [5.74, 6) is -0.704. The highest BCUT2D eigenvalue weighted by Crippen LogP contribution is 2.43. The first-order valence-corrected chi connectivity index (χ1v) is 7.15. The van der Waals surface area contributed by atoms with Crippen molar-refractivity contribution in [2.24, 2.45) is 17.3 Å². The van der Waals surface area contributed by atoms with Crippen LogP contribution in [0.4, 0.5) is 0 Å². The fraction of sp³-hybridized carbons (Fsp3) is 0.857. The molecule has 1 N–H and O–H groups in total. The molecular weight excluding hydrogens is 246 g/mol. The van der Waals surface area contributed by atoms with Crippen molar-refractivity contribution >= 4 is 11.9 Å². The summed E-state index contributed by atoms with van der Waals surface area (Å²) in [6, 6.07) is 0. The van der Waals surface area contributed by atoms with Gasteiger partial charge in [-0.05, 0) is 19.3 Å². The molecule has 2 atom stereocenters. The Hall–Kier alpha value is -1.10. The Morgan fingerprint density at radius 3 is 2.63 bits per heavy atom. The smallest absolute Gasteiger partial charge is 0.311 e. The van der Waals surface area contributed by atoms with Crippen molar-refractivity contribution in [3.05, 3.63) is 0 Å². The summed E-state index contributed by atoms with van der Waals surface area (Å²) < 4.78 is 5.40. The molecule has 0 aromatic carbocycles. The molecule has 2 rings (SSSR count). The number of ether oxygens (including phenoxy) is 1. The Labute approximate surface area is 113 Å². The van der Waals surface area contributed by atoms with E-state index in [0.717, 1.165) is 12.8 Å². The van der Waals surface area contributed by atoms with Crippen molar-refractivity contribution in [1.82, 2.24) is 4.90 Å². The molecule has 0 spiro atoms. The van der Waals surface area contributed by atoms with Crippen molar-refractivity contribution in [3.8, 4) is 0 Å². The number of carbonyl (C=O) groups is 2. The van der Waals surface area contributed by atoms with E-state index in [1.807, 2.05) is 13.8 Å². The first-order chi connectivity index (χ1) is 9.05. The number of carboxylic acid groups (broad SMARTS) is 1. The number of amides is 1. The number of carboxylic acids is 1. The van der Waals surface area contributed by atoms with Gasteiger partial charge in [0.1, 0.15) is 0 Å². The summed E-state index contributed by atoms with van der Waals surface area (Å²) >= 11 is 0. The van der Waals surface area contributed by atoms with Gasteiger partial charge in [0, 0.05) is 31.5 Å². The zero-order chi connectivity index (χ0) is 14.0. The third-order valence-corrected chi connectivity index (χ3v) is 4.78. The van der Waals surface area contributed by atoms with Crippen LogP contribution in [-0.4, -0.2) is 48.2 Å². The number of rotatable bonds is 4. The Kier molecular flexibility index (Phi) is 4.13. The number of carbonyl (C=O) groups excluding carboxylic acids is 1. The van der Waals surface area contributed by atoms with Crippen LogP contribution < -0.4 is 0 Å². The maximum Gasteiger partial charge on any atom is 0.311 e. The van der Waals surface area contributed by atoms with Crippen LogP contribution in [0.15, 0.2) is 0 Å². The molecule has 19 heavy (non-hydrogen) atoms. The lowest BCUT2D eigenvalue weighted by Gasteiger charge is -2.33. The zero-order valence-corrected chi connectivity index (χ0v) is 11.7. The minimum absolute atomic E-state index is 0.0203. The van der Waals surface area contributed by atoms with E-state index in [2.05, 4.69) is 0 Å². The third kappa shape index (κ3) is 2.36. The topological polar surface area (TPSA) is 66.8 Å². The van der Waals surface area contributed by atoms with E-state index in [1.54, 1.807) is 4.90 Å². The van der Waals surface area contributed by atoms with Crippen LogP contribution in [0.1, 0.15) is 33.1 Å². The molecule has 0 unspecified atom stereocenters. The molecule has 0 aromatic rings. The SMILES string of the molecule is CCC(CC)C(=O)N1C[C@H]2COCC[C@@]2(C(=O)O)C1. The van der Waals surface area contributed by atoms with Gasteiger partial charge in [-0.15, -0.1) is 0 Å². The van der Waals surface area contributed by atoms with E-state index >= 15 is 0 Å². The lowest BCUT2D eigenvalue weighted by atomic mass is 9.74. The third-order valence-electron chi connectivity index (χ3n) is 4.78. The first-order valence-electron chi connectivity index (χ1n) is 7.15. The fourth-order valence-electron chi connectivity index (χ4n) is 3.36. The fourth-order valence-corrected chi connectivity index (χ4v) is 3.36. The van der Waals surface area contributed by atoms with E-state index in [0.29, 0.717) is 32.7 Å². The van der Waals surface area contributed by atoms with Crippen molar-refractivity contribution in [3.63, 3.8) is 0 Å². The van der Waals surface area contributed by atoms with E-state index in [-0.39, 0.29) is 17.7 Å². The molecule has 2 heterocycles. The minimum Gasteiger partial charge on any atom is -0.481 e. The average Bonchev–Trinajstić information content (AvgIpc) is 2.80. The maximum atomic E-state index is 12.4.